The fraction of sp³-hybridized carbons (Fsp3) is 0.308. The van der Waals surface area contributed by atoms with E-state index in [-0.39, 0.29) is 23.5 Å². The van der Waals surface area contributed by atoms with E-state index < -0.39 is 5.54 Å². The molecule has 3 aromatic rings. The highest BCUT2D eigenvalue weighted by Crippen LogP contribution is 2.41. The standard InChI is InChI=1S/C26H27FN4O2/c1-18-9-12-28-31(18)23-14-20(6-7-24(23)32)17-29-13-11-26(16-19(29)2)10-8-25(33)30(26)22-5-3-4-21(27)15-22/h3-10,12,14-15,19,32H,11,13,16-17H2,1-2H3/t19-,26+/m0/s1. The highest BCUT2D eigenvalue weighted by atomic mass is 19.1. The van der Waals surface area contributed by atoms with Gasteiger partial charge in [0.25, 0.3) is 5.91 Å². The summed E-state index contributed by atoms with van der Waals surface area (Å²) in [6, 6.07) is 14.0. The summed E-state index contributed by atoms with van der Waals surface area (Å²) in [6.07, 6.45) is 6.85. The van der Waals surface area contributed by atoms with Gasteiger partial charge in [-0.1, -0.05) is 18.2 Å². The average molecular weight is 447 g/mol. The van der Waals surface area contributed by atoms with Gasteiger partial charge in [0, 0.05) is 42.8 Å². The van der Waals surface area contributed by atoms with Crippen molar-refractivity contribution in [2.24, 2.45) is 0 Å². The van der Waals surface area contributed by atoms with Crippen molar-refractivity contribution in [1.82, 2.24) is 14.7 Å². The fourth-order valence-electron chi connectivity index (χ4n) is 5.18. The number of carbonyl (C=O) groups excluding carboxylic acids is 1. The van der Waals surface area contributed by atoms with E-state index in [0.717, 1.165) is 37.2 Å². The SMILES string of the molecule is Cc1ccnn1-c1cc(CN2CC[C@]3(C=CC(=O)N3c3cccc(F)c3)C[C@@H]2C)ccc1O. The molecule has 0 radical (unpaired) electrons. The number of piperidine rings is 1. The molecular formula is C26H27FN4O2. The molecule has 3 heterocycles. The lowest BCUT2D eigenvalue weighted by atomic mass is 9.82. The van der Waals surface area contributed by atoms with Crippen LogP contribution in [0, 0.1) is 12.7 Å². The number of benzene rings is 2. The highest BCUT2D eigenvalue weighted by Gasteiger charge is 2.46. The number of aromatic hydroxyl groups is 1. The van der Waals surface area contributed by atoms with Crippen LogP contribution in [-0.2, 0) is 11.3 Å². The maximum atomic E-state index is 13.9. The molecule has 1 N–H and O–H groups in total. The molecule has 0 aliphatic carbocycles. The first kappa shape index (κ1) is 21.4. The van der Waals surface area contributed by atoms with Crippen LogP contribution in [0.3, 0.4) is 0 Å². The Bertz CT molecular complexity index is 1240. The number of aryl methyl sites for hydroxylation is 1. The zero-order chi connectivity index (χ0) is 23.2. The number of rotatable bonds is 4. The molecule has 6 nitrogen and oxygen atoms in total. The summed E-state index contributed by atoms with van der Waals surface area (Å²) >= 11 is 0. The van der Waals surface area contributed by atoms with Crippen LogP contribution in [0.15, 0.2) is 66.9 Å². The first-order valence-corrected chi connectivity index (χ1v) is 11.2. The van der Waals surface area contributed by atoms with Crippen molar-refractivity contribution in [2.75, 3.05) is 11.4 Å². The third-order valence-electron chi connectivity index (χ3n) is 6.86. The first-order valence-electron chi connectivity index (χ1n) is 11.2. The normalized spacial score (nSPS) is 23.1. The van der Waals surface area contributed by atoms with E-state index in [1.807, 2.05) is 31.2 Å². The van der Waals surface area contributed by atoms with Crippen LogP contribution in [-0.4, -0.2) is 43.8 Å². The Morgan fingerprint density at radius 1 is 1.21 bits per heavy atom. The van der Waals surface area contributed by atoms with Crippen molar-refractivity contribution in [2.45, 2.75) is 44.8 Å². The lowest BCUT2D eigenvalue weighted by Gasteiger charge is -2.47. The summed E-state index contributed by atoms with van der Waals surface area (Å²) in [6.45, 7) is 5.64. The molecule has 1 aromatic heterocycles. The molecule has 2 aliphatic heterocycles. The second-order valence-electron chi connectivity index (χ2n) is 9.07. The minimum absolute atomic E-state index is 0.0981. The lowest BCUT2D eigenvalue weighted by molar-refractivity contribution is -0.114. The van der Waals surface area contributed by atoms with Crippen molar-refractivity contribution in [3.63, 3.8) is 0 Å². The molecule has 1 spiro atoms. The second-order valence-corrected chi connectivity index (χ2v) is 9.07. The summed E-state index contributed by atoms with van der Waals surface area (Å²) in [5.41, 5.74) is 2.86. The molecule has 7 heteroatoms. The van der Waals surface area contributed by atoms with Gasteiger partial charge in [0.2, 0.25) is 0 Å². The Labute approximate surface area is 192 Å². The van der Waals surface area contributed by atoms with E-state index in [1.165, 1.54) is 12.1 Å². The van der Waals surface area contributed by atoms with Crippen molar-refractivity contribution in [3.05, 3.63) is 84.0 Å². The second kappa shape index (κ2) is 8.15. The van der Waals surface area contributed by atoms with E-state index in [1.54, 1.807) is 40.1 Å². The number of aromatic nitrogens is 2. The molecular weight excluding hydrogens is 419 g/mol. The van der Waals surface area contributed by atoms with Crippen molar-refractivity contribution >= 4 is 11.6 Å². The molecule has 0 saturated carbocycles. The molecule has 170 valence electrons. The van der Waals surface area contributed by atoms with E-state index in [4.69, 9.17) is 0 Å². The van der Waals surface area contributed by atoms with Gasteiger partial charge in [-0.05, 0) is 68.7 Å². The Morgan fingerprint density at radius 2 is 2.06 bits per heavy atom. The number of phenolic OH excluding ortho intramolecular Hbond substituents is 1. The molecule has 1 fully saturated rings. The zero-order valence-corrected chi connectivity index (χ0v) is 18.8. The Balaban J connectivity index is 1.36. The molecule has 2 aliphatic rings. The molecule has 33 heavy (non-hydrogen) atoms. The number of halogens is 1. The van der Waals surface area contributed by atoms with Gasteiger partial charge in [-0.2, -0.15) is 5.10 Å². The average Bonchev–Trinajstić information content (AvgIpc) is 3.34. The van der Waals surface area contributed by atoms with Gasteiger partial charge >= 0.3 is 0 Å². The molecule has 0 bridgehead atoms. The molecule has 2 aromatic carbocycles. The van der Waals surface area contributed by atoms with Crippen molar-refractivity contribution < 1.29 is 14.3 Å². The number of carbonyl (C=O) groups is 1. The molecule has 1 amide bonds. The summed E-state index contributed by atoms with van der Waals surface area (Å²) < 4.78 is 15.6. The minimum atomic E-state index is -0.437. The number of phenols is 1. The monoisotopic (exact) mass is 446 g/mol. The topological polar surface area (TPSA) is 61.6 Å². The lowest BCUT2D eigenvalue weighted by Crippen LogP contribution is -2.56. The number of nitrogens with zero attached hydrogens (tertiary/aromatic N) is 4. The van der Waals surface area contributed by atoms with Crippen LogP contribution >= 0.6 is 0 Å². The number of likely N-dealkylation sites (tertiary alicyclic amines) is 1. The van der Waals surface area contributed by atoms with Gasteiger partial charge in [0.1, 0.15) is 17.3 Å². The van der Waals surface area contributed by atoms with Crippen LogP contribution < -0.4 is 4.90 Å². The fourth-order valence-corrected chi connectivity index (χ4v) is 5.18. The number of hydrogen-bond donors (Lipinski definition) is 1. The predicted octanol–water partition coefficient (Wildman–Crippen LogP) is 4.35. The zero-order valence-electron chi connectivity index (χ0n) is 18.8. The highest BCUT2D eigenvalue weighted by molar-refractivity contribution is 6.06. The smallest absolute Gasteiger partial charge is 0.251 e. The number of hydrogen-bond acceptors (Lipinski definition) is 4. The Morgan fingerprint density at radius 3 is 2.79 bits per heavy atom. The quantitative estimate of drug-likeness (QED) is 0.647. The van der Waals surface area contributed by atoms with Gasteiger partial charge in [-0.25, -0.2) is 9.07 Å². The van der Waals surface area contributed by atoms with E-state index >= 15 is 0 Å². The maximum absolute atomic E-state index is 13.9. The molecule has 2 atom stereocenters. The van der Waals surface area contributed by atoms with Gasteiger partial charge < -0.3 is 5.11 Å². The van der Waals surface area contributed by atoms with Crippen LogP contribution in [0.4, 0.5) is 10.1 Å². The molecule has 5 rings (SSSR count). The van der Waals surface area contributed by atoms with E-state index in [9.17, 15) is 14.3 Å². The van der Waals surface area contributed by atoms with E-state index in [0.29, 0.717) is 11.4 Å². The number of anilines is 1. The maximum Gasteiger partial charge on any atom is 0.251 e. The van der Waals surface area contributed by atoms with Crippen LogP contribution in [0.25, 0.3) is 5.69 Å². The summed E-state index contributed by atoms with van der Waals surface area (Å²) in [5.74, 6) is -0.251. The van der Waals surface area contributed by atoms with Gasteiger partial charge in [-0.3, -0.25) is 14.6 Å². The third-order valence-corrected chi connectivity index (χ3v) is 6.86. The minimum Gasteiger partial charge on any atom is -0.506 e. The summed E-state index contributed by atoms with van der Waals surface area (Å²) in [4.78, 5) is 16.9. The molecule has 1 saturated heterocycles. The van der Waals surface area contributed by atoms with Crippen molar-refractivity contribution in [1.29, 1.82) is 0 Å². The predicted molar refractivity (Wildman–Crippen MR) is 125 cm³/mol. The van der Waals surface area contributed by atoms with Crippen LogP contribution in [0.5, 0.6) is 5.75 Å². The van der Waals surface area contributed by atoms with E-state index in [2.05, 4.69) is 16.9 Å². The van der Waals surface area contributed by atoms with Crippen LogP contribution in [0.1, 0.15) is 31.0 Å². The Kier molecular flexibility index (Phi) is 5.29. The molecule has 0 unspecified atom stereocenters. The van der Waals surface area contributed by atoms with Gasteiger partial charge in [0.05, 0.1) is 5.54 Å². The third kappa shape index (κ3) is 3.82. The van der Waals surface area contributed by atoms with Gasteiger partial charge in [0.15, 0.2) is 0 Å². The summed E-state index contributed by atoms with van der Waals surface area (Å²) in [7, 11) is 0. The summed E-state index contributed by atoms with van der Waals surface area (Å²) in [5, 5.41) is 14.7. The number of amides is 1. The van der Waals surface area contributed by atoms with Crippen molar-refractivity contribution in [3.8, 4) is 11.4 Å². The first-order chi connectivity index (χ1) is 15.9. The van der Waals surface area contributed by atoms with Gasteiger partial charge in [-0.15, -0.1) is 0 Å². The Hall–Kier alpha value is -3.45. The largest absolute Gasteiger partial charge is 0.506 e. The van der Waals surface area contributed by atoms with Crippen LogP contribution in [0.2, 0.25) is 0 Å².